The number of carbonyl (C=O) groups excluding carboxylic acids is 1. The molecule has 0 aliphatic rings. The Bertz CT molecular complexity index is 641. The van der Waals surface area contributed by atoms with Crippen LogP contribution >= 0.6 is 31.9 Å². The molecule has 0 aromatic heterocycles. The molecule has 6 heteroatoms. The summed E-state index contributed by atoms with van der Waals surface area (Å²) in [6.07, 6.45) is 0. The highest BCUT2D eigenvalue weighted by Gasteiger charge is 2.10. The van der Waals surface area contributed by atoms with Crippen LogP contribution < -0.4 is 5.73 Å². The molecule has 3 nitrogen and oxygen atoms in total. The third-order valence-electron chi connectivity index (χ3n) is 2.51. The molecule has 20 heavy (non-hydrogen) atoms. The lowest BCUT2D eigenvalue weighted by Gasteiger charge is -2.07. The van der Waals surface area contributed by atoms with Crippen LogP contribution in [-0.2, 0) is 11.3 Å². The molecule has 0 radical (unpaired) electrons. The number of hydrogen-bond donors (Lipinski definition) is 1. The summed E-state index contributed by atoms with van der Waals surface area (Å²) in [6, 6.07) is 9.28. The minimum Gasteiger partial charge on any atom is -0.457 e. The molecule has 0 bridgehead atoms. The molecule has 0 amide bonds. The van der Waals surface area contributed by atoms with E-state index < -0.39 is 5.97 Å². The highest BCUT2D eigenvalue weighted by atomic mass is 79.9. The van der Waals surface area contributed by atoms with Crippen LogP contribution in [0.25, 0.3) is 0 Å². The van der Waals surface area contributed by atoms with Gasteiger partial charge in [0, 0.05) is 10.2 Å². The summed E-state index contributed by atoms with van der Waals surface area (Å²) < 4.78 is 19.3. The van der Waals surface area contributed by atoms with Gasteiger partial charge in [0.25, 0.3) is 0 Å². The number of anilines is 1. The Kier molecular flexibility index (Phi) is 4.77. The second kappa shape index (κ2) is 6.37. The number of carbonyl (C=O) groups is 1. The topological polar surface area (TPSA) is 52.3 Å². The molecule has 0 saturated carbocycles. The fourth-order valence-electron chi connectivity index (χ4n) is 1.59. The van der Waals surface area contributed by atoms with Gasteiger partial charge in [0.2, 0.25) is 0 Å². The van der Waals surface area contributed by atoms with Gasteiger partial charge in [-0.15, -0.1) is 0 Å². The molecular formula is C14H10Br2FNO2. The first-order chi connectivity index (χ1) is 9.45. The Morgan fingerprint density at radius 2 is 1.95 bits per heavy atom. The molecular weight excluding hydrogens is 393 g/mol. The van der Waals surface area contributed by atoms with Gasteiger partial charge in [-0.05, 0) is 51.8 Å². The molecule has 0 aliphatic heterocycles. The fraction of sp³-hybridized carbons (Fsp3) is 0.0714. The van der Waals surface area contributed by atoms with Crippen LogP contribution in [-0.4, -0.2) is 5.97 Å². The lowest BCUT2D eigenvalue weighted by molar-refractivity contribution is 0.0472. The Balaban J connectivity index is 2.06. The van der Waals surface area contributed by atoms with E-state index >= 15 is 0 Å². The molecule has 2 aromatic rings. The van der Waals surface area contributed by atoms with Gasteiger partial charge in [-0.2, -0.15) is 0 Å². The maximum Gasteiger partial charge on any atom is 0.338 e. The van der Waals surface area contributed by atoms with Gasteiger partial charge >= 0.3 is 5.97 Å². The third-order valence-corrected chi connectivity index (χ3v) is 3.58. The summed E-state index contributed by atoms with van der Waals surface area (Å²) in [5, 5.41) is 0. The van der Waals surface area contributed by atoms with Crippen LogP contribution in [0.4, 0.5) is 10.1 Å². The predicted octanol–water partition coefficient (Wildman–Crippen LogP) is 4.29. The first kappa shape index (κ1) is 15.0. The normalized spacial score (nSPS) is 10.3. The zero-order valence-corrected chi connectivity index (χ0v) is 13.4. The second-order valence-electron chi connectivity index (χ2n) is 4.10. The average molecular weight is 403 g/mol. The van der Waals surface area contributed by atoms with E-state index in [0.717, 1.165) is 0 Å². The van der Waals surface area contributed by atoms with Crippen molar-refractivity contribution in [2.75, 3.05) is 5.73 Å². The smallest absolute Gasteiger partial charge is 0.338 e. The van der Waals surface area contributed by atoms with Crippen molar-refractivity contribution in [1.29, 1.82) is 0 Å². The maximum atomic E-state index is 13.1. The molecule has 104 valence electrons. The zero-order valence-electron chi connectivity index (χ0n) is 10.2. The minimum absolute atomic E-state index is 0.0597. The van der Waals surface area contributed by atoms with Crippen LogP contribution in [0.2, 0.25) is 0 Å². The van der Waals surface area contributed by atoms with Crippen molar-refractivity contribution < 1.29 is 13.9 Å². The molecule has 0 heterocycles. The zero-order chi connectivity index (χ0) is 14.7. The molecule has 0 spiro atoms. The highest BCUT2D eigenvalue weighted by Crippen LogP contribution is 2.20. The van der Waals surface area contributed by atoms with Crippen LogP contribution in [0.1, 0.15) is 15.9 Å². The van der Waals surface area contributed by atoms with E-state index in [-0.39, 0.29) is 12.4 Å². The first-order valence-electron chi connectivity index (χ1n) is 5.63. The van der Waals surface area contributed by atoms with E-state index in [1.54, 1.807) is 24.3 Å². The molecule has 0 aliphatic carbocycles. The summed E-state index contributed by atoms with van der Waals surface area (Å²) in [5.74, 6) is -0.849. The molecule has 2 rings (SSSR count). The van der Waals surface area contributed by atoms with Crippen molar-refractivity contribution >= 4 is 43.5 Å². The largest absolute Gasteiger partial charge is 0.457 e. The van der Waals surface area contributed by atoms with Crippen LogP contribution in [0.5, 0.6) is 0 Å². The van der Waals surface area contributed by atoms with E-state index in [4.69, 9.17) is 10.5 Å². The van der Waals surface area contributed by atoms with Crippen LogP contribution in [0, 0.1) is 5.82 Å². The second-order valence-corrected chi connectivity index (χ2v) is 5.87. The van der Waals surface area contributed by atoms with E-state index in [1.807, 2.05) is 0 Å². The van der Waals surface area contributed by atoms with Gasteiger partial charge in [-0.1, -0.05) is 22.0 Å². The number of hydrogen-bond acceptors (Lipinski definition) is 3. The number of halogens is 3. The third kappa shape index (κ3) is 3.80. The summed E-state index contributed by atoms with van der Waals surface area (Å²) in [4.78, 5) is 11.9. The van der Waals surface area contributed by atoms with Crippen molar-refractivity contribution in [2.24, 2.45) is 0 Å². The van der Waals surface area contributed by atoms with Gasteiger partial charge in [-0.3, -0.25) is 0 Å². The van der Waals surface area contributed by atoms with Crippen molar-refractivity contribution in [1.82, 2.24) is 0 Å². The van der Waals surface area contributed by atoms with Gasteiger partial charge in [0.1, 0.15) is 12.4 Å². The predicted molar refractivity (Wildman–Crippen MR) is 81.8 cm³/mol. The van der Waals surface area contributed by atoms with Crippen molar-refractivity contribution in [3.63, 3.8) is 0 Å². The summed E-state index contributed by atoms with van der Waals surface area (Å²) >= 11 is 6.34. The van der Waals surface area contributed by atoms with Crippen LogP contribution in [0.15, 0.2) is 45.3 Å². The maximum absolute atomic E-state index is 13.1. The lowest BCUT2D eigenvalue weighted by atomic mass is 10.2. The van der Waals surface area contributed by atoms with Gasteiger partial charge in [0.15, 0.2) is 0 Å². The quantitative estimate of drug-likeness (QED) is 0.615. The minimum atomic E-state index is -0.488. The molecule has 0 fully saturated rings. The number of benzene rings is 2. The average Bonchev–Trinajstić information content (AvgIpc) is 2.38. The summed E-state index contributed by atoms with van der Waals surface area (Å²) in [5.41, 5.74) is 7.17. The van der Waals surface area contributed by atoms with Crippen molar-refractivity contribution in [3.8, 4) is 0 Å². The van der Waals surface area contributed by atoms with Gasteiger partial charge in [0.05, 0.1) is 10.0 Å². The van der Waals surface area contributed by atoms with Gasteiger partial charge < -0.3 is 10.5 Å². The van der Waals surface area contributed by atoms with E-state index in [2.05, 4.69) is 31.9 Å². The number of ether oxygens (including phenoxy) is 1. The number of nitrogen functional groups attached to an aromatic ring is 1. The molecule has 0 unspecified atom stereocenters. The number of rotatable bonds is 3. The standard InChI is InChI=1S/C14H10Br2FNO2/c15-10-4-9(5-11(18)6-10)14(19)20-7-8-1-2-13(17)12(16)3-8/h1-6H,7,18H2. The number of nitrogens with two attached hydrogens (primary N) is 1. The van der Waals surface area contributed by atoms with Crippen LogP contribution in [0.3, 0.4) is 0 Å². The highest BCUT2D eigenvalue weighted by molar-refractivity contribution is 9.10. The monoisotopic (exact) mass is 401 g/mol. The van der Waals surface area contributed by atoms with E-state index in [1.165, 1.54) is 12.1 Å². The molecule has 2 N–H and O–H groups in total. The Hall–Kier alpha value is -1.40. The van der Waals surface area contributed by atoms with E-state index in [0.29, 0.717) is 25.8 Å². The lowest BCUT2D eigenvalue weighted by Crippen LogP contribution is -2.06. The summed E-state index contributed by atoms with van der Waals surface area (Å²) in [6.45, 7) is 0.0597. The Morgan fingerprint density at radius 1 is 1.20 bits per heavy atom. The molecule has 0 atom stereocenters. The molecule has 0 saturated heterocycles. The number of esters is 1. The van der Waals surface area contributed by atoms with E-state index in [9.17, 15) is 9.18 Å². The fourth-order valence-corrected chi connectivity index (χ4v) is 2.53. The SMILES string of the molecule is Nc1cc(Br)cc(C(=O)OCc2ccc(F)c(Br)c2)c1. The van der Waals surface area contributed by atoms with Crippen molar-refractivity contribution in [2.45, 2.75) is 6.61 Å². The molecule has 2 aromatic carbocycles. The van der Waals surface area contributed by atoms with Crippen molar-refractivity contribution in [3.05, 3.63) is 62.3 Å². The Labute approximate surface area is 132 Å². The summed E-state index contributed by atoms with van der Waals surface area (Å²) in [7, 11) is 0. The van der Waals surface area contributed by atoms with Gasteiger partial charge in [-0.25, -0.2) is 9.18 Å². The first-order valence-corrected chi connectivity index (χ1v) is 7.21. The Morgan fingerprint density at radius 3 is 2.60 bits per heavy atom.